The third-order valence-electron chi connectivity index (χ3n) is 3.79. The molecule has 0 fully saturated rings. The molecule has 0 saturated heterocycles. The molecule has 0 aliphatic heterocycles. The van der Waals surface area contributed by atoms with E-state index in [9.17, 15) is 8.42 Å². The Kier molecular flexibility index (Phi) is 5.76. The van der Waals surface area contributed by atoms with Gasteiger partial charge in [-0.15, -0.1) is 0 Å². The van der Waals surface area contributed by atoms with Crippen LogP contribution in [0.1, 0.15) is 5.56 Å². The summed E-state index contributed by atoms with van der Waals surface area (Å²) in [6.45, 7) is 0. The quantitative estimate of drug-likeness (QED) is 0.276. The van der Waals surface area contributed by atoms with E-state index in [-0.39, 0.29) is 21.5 Å². The normalized spacial score (nSPS) is 11.5. The number of methoxy groups -OCH3 is 1. The summed E-state index contributed by atoms with van der Waals surface area (Å²) < 4.78 is 36.4. The van der Waals surface area contributed by atoms with Gasteiger partial charge in [-0.3, -0.25) is 5.43 Å². The number of fused-ring (bicyclic) bond motifs is 1. The zero-order valence-corrected chi connectivity index (χ0v) is 16.5. The van der Waals surface area contributed by atoms with Gasteiger partial charge in [-0.05, 0) is 47.4 Å². The average molecular weight is 415 g/mol. The van der Waals surface area contributed by atoms with Crippen LogP contribution in [0.25, 0.3) is 10.8 Å². The molecule has 3 N–H and O–H groups in total. The van der Waals surface area contributed by atoms with E-state index in [1.165, 1.54) is 25.5 Å². The molecule has 0 unspecified atom stereocenters. The van der Waals surface area contributed by atoms with E-state index in [0.717, 1.165) is 5.39 Å². The molecule has 9 heteroatoms. The SMILES string of the molecule is COc1cc(C=NNC(N)=S)ccc1OS(=O)(=O)c1cccc2ccccc12. The van der Waals surface area contributed by atoms with Crippen molar-refractivity contribution in [1.29, 1.82) is 0 Å². The van der Waals surface area contributed by atoms with Crippen molar-refractivity contribution < 1.29 is 17.3 Å². The highest BCUT2D eigenvalue weighted by atomic mass is 32.2. The third kappa shape index (κ3) is 4.38. The average Bonchev–Trinajstić information content (AvgIpc) is 2.68. The van der Waals surface area contributed by atoms with Crippen molar-refractivity contribution in [3.8, 4) is 11.5 Å². The van der Waals surface area contributed by atoms with Gasteiger partial charge in [-0.25, -0.2) is 0 Å². The topological polar surface area (TPSA) is 103 Å². The number of hydrazone groups is 1. The largest absolute Gasteiger partial charge is 0.493 e. The van der Waals surface area contributed by atoms with Gasteiger partial charge in [0.25, 0.3) is 0 Å². The summed E-state index contributed by atoms with van der Waals surface area (Å²) in [5.41, 5.74) is 8.36. The van der Waals surface area contributed by atoms with Crippen LogP contribution in [0.3, 0.4) is 0 Å². The predicted molar refractivity (Wildman–Crippen MR) is 112 cm³/mol. The molecule has 0 heterocycles. The Morgan fingerprint density at radius 3 is 2.61 bits per heavy atom. The Labute approximate surface area is 167 Å². The van der Waals surface area contributed by atoms with Crippen LogP contribution in [0.15, 0.2) is 70.7 Å². The second-order valence-corrected chi connectivity index (χ2v) is 7.61. The van der Waals surface area contributed by atoms with Gasteiger partial charge in [0.1, 0.15) is 4.90 Å². The molecule has 3 aromatic carbocycles. The molecule has 7 nitrogen and oxygen atoms in total. The third-order valence-corrected chi connectivity index (χ3v) is 5.18. The molecule has 144 valence electrons. The maximum atomic E-state index is 12.9. The van der Waals surface area contributed by atoms with Crippen LogP contribution in [-0.4, -0.2) is 26.9 Å². The summed E-state index contributed by atoms with van der Waals surface area (Å²) in [6.07, 6.45) is 1.46. The molecule has 0 aromatic heterocycles. The Balaban J connectivity index is 1.93. The number of hydrogen-bond acceptors (Lipinski definition) is 6. The number of hydrogen-bond donors (Lipinski definition) is 2. The summed E-state index contributed by atoms with van der Waals surface area (Å²) in [5, 5.41) is 5.26. The summed E-state index contributed by atoms with van der Waals surface area (Å²) in [4.78, 5) is 0.0824. The molecule has 3 rings (SSSR count). The first kappa shape index (κ1) is 19.6. The fraction of sp³-hybridized carbons (Fsp3) is 0.0526. The lowest BCUT2D eigenvalue weighted by molar-refractivity contribution is 0.390. The van der Waals surface area contributed by atoms with E-state index in [0.29, 0.717) is 10.9 Å². The van der Waals surface area contributed by atoms with Crippen molar-refractivity contribution in [3.05, 3.63) is 66.2 Å². The first-order valence-electron chi connectivity index (χ1n) is 8.09. The van der Waals surface area contributed by atoms with Gasteiger partial charge < -0.3 is 14.7 Å². The van der Waals surface area contributed by atoms with E-state index in [4.69, 9.17) is 14.7 Å². The minimum absolute atomic E-state index is 0.0318. The van der Waals surface area contributed by atoms with Gasteiger partial charge in [-0.2, -0.15) is 13.5 Å². The summed E-state index contributed by atoms with van der Waals surface area (Å²) in [6, 6.07) is 16.9. The van der Waals surface area contributed by atoms with Crippen LogP contribution >= 0.6 is 12.2 Å². The summed E-state index contributed by atoms with van der Waals surface area (Å²) in [7, 11) is -2.66. The Hall–Kier alpha value is -3.17. The van der Waals surface area contributed by atoms with Gasteiger partial charge in [-0.1, -0.05) is 36.4 Å². The molecule has 0 atom stereocenters. The first-order chi connectivity index (χ1) is 13.4. The molecule has 0 aliphatic rings. The Bertz CT molecular complexity index is 1160. The van der Waals surface area contributed by atoms with Gasteiger partial charge in [0.05, 0.1) is 13.3 Å². The zero-order chi connectivity index (χ0) is 20.1. The van der Waals surface area contributed by atoms with Crippen molar-refractivity contribution >= 4 is 44.4 Å². The second kappa shape index (κ2) is 8.24. The minimum atomic E-state index is -4.07. The number of nitrogens with one attached hydrogen (secondary N) is 1. The number of ether oxygens (including phenoxy) is 1. The predicted octanol–water partition coefficient (Wildman–Crippen LogP) is 2.78. The molecule has 0 aliphatic carbocycles. The summed E-state index contributed by atoms with van der Waals surface area (Å²) in [5.74, 6) is 0.304. The molecule has 0 saturated carbocycles. The van der Waals surface area contributed by atoms with E-state index in [2.05, 4.69) is 22.7 Å². The smallest absolute Gasteiger partial charge is 0.339 e. The lowest BCUT2D eigenvalue weighted by Crippen LogP contribution is -2.23. The second-order valence-electron chi connectivity index (χ2n) is 5.66. The van der Waals surface area contributed by atoms with Crippen LogP contribution < -0.4 is 20.1 Å². The van der Waals surface area contributed by atoms with Crippen LogP contribution in [0.4, 0.5) is 0 Å². The molecule has 0 radical (unpaired) electrons. The first-order valence-corrected chi connectivity index (χ1v) is 9.91. The highest BCUT2D eigenvalue weighted by molar-refractivity contribution is 7.87. The van der Waals surface area contributed by atoms with Crippen LogP contribution in [-0.2, 0) is 10.1 Å². The number of thiocarbonyl (C=S) groups is 1. The monoisotopic (exact) mass is 415 g/mol. The van der Waals surface area contributed by atoms with Gasteiger partial charge in [0.15, 0.2) is 16.6 Å². The lowest BCUT2D eigenvalue weighted by Gasteiger charge is -2.12. The maximum Gasteiger partial charge on any atom is 0.339 e. The fourth-order valence-corrected chi connectivity index (χ4v) is 3.80. The van der Waals surface area contributed by atoms with Crippen molar-refractivity contribution in [3.63, 3.8) is 0 Å². The van der Waals surface area contributed by atoms with Crippen molar-refractivity contribution in [1.82, 2.24) is 5.43 Å². The number of rotatable bonds is 6. The standard InChI is InChI=1S/C19H17N3O4S2/c1-25-17-11-13(12-21-22-19(20)27)9-10-16(17)26-28(23,24)18-8-4-6-14-5-2-3-7-15(14)18/h2-12H,1H3,(H3,20,22,27). The Morgan fingerprint density at radius 2 is 1.86 bits per heavy atom. The molecule has 28 heavy (non-hydrogen) atoms. The molecule has 0 amide bonds. The number of nitrogens with two attached hydrogens (primary N) is 1. The van der Waals surface area contributed by atoms with Crippen LogP contribution in [0.5, 0.6) is 11.5 Å². The fourth-order valence-electron chi connectivity index (χ4n) is 2.58. The van der Waals surface area contributed by atoms with Gasteiger partial charge in [0.2, 0.25) is 0 Å². The summed E-state index contributed by atoms with van der Waals surface area (Å²) >= 11 is 4.66. The highest BCUT2D eigenvalue weighted by Gasteiger charge is 2.21. The lowest BCUT2D eigenvalue weighted by atomic mass is 10.1. The van der Waals surface area contributed by atoms with Crippen molar-refractivity contribution in [2.24, 2.45) is 10.8 Å². The van der Waals surface area contributed by atoms with E-state index < -0.39 is 10.1 Å². The maximum absolute atomic E-state index is 12.9. The molecule has 3 aromatic rings. The van der Waals surface area contributed by atoms with Crippen LogP contribution in [0.2, 0.25) is 0 Å². The zero-order valence-electron chi connectivity index (χ0n) is 14.8. The Morgan fingerprint density at radius 1 is 1.11 bits per heavy atom. The van der Waals surface area contributed by atoms with Gasteiger partial charge >= 0.3 is 10.1 Å². The van der Waals surface area contributed by atoms with Crippen LogP contribution in [0, 0.1) is 0 Å². The highest BCUT2D eigenvalue weighted by Crippen LogP contribution is 2.32. The molecular weight excluding hydrogens is 398 g/mol. The minimum Gasteiger partial charge on any atom is -0.493 e. The van der Waals surface area contributed by atoms with E-state index >= 15 is 0 Å². The molecular formula is C19H17N3O4S2. The van der Waals surface area contributed by atoms with E-state index in [1.807, 2.05) is 18.2 Å². The van der Waals surface area contributed by atoms with E-state index in [1.54, 1.807) is 30.3 Å². The molecule has 0 bridgehead atoms. The van der Waals surface area contributed by atoms with Gasteiger partial charge in [0, 0.05) is 5.39 Å². The number of benzene rings is 3. The molecule has 0 spiro atoms. The van der Waals surface area contributed by atoms with Crippen molar-refractivity contribution in [2.75, 3.05) is 7.11 Å². The number of nitrogens with zero attached hydrogens (tertiary/aromatic N) is 1. The van der Waals surface area contributed by atoms with Crippen molar-refractivity contribution in [2.45, 2.75) is 4.90 Å².